The minimum Gasteiger partial charge on any atom is -0.494 e. The van der Waals surface area contributed by atoms with Crippen LogP contribution in [0.4, 0.5) is 13.2 Å². The Morgan fingerprint density at radius 1 is 0.931 bits per heavy atom. The Balaban J connectivity index is 1.51. The van der Waals surface area contributed by atoms with Crippen molar-refractivity contribution in [2.75, 3.05) is 19.8 Å². The molecule has 2 aromatic rings. The predicted octanol–water partition coefficient (Wildman–Crippen LogP) is 6.33. The van der Waals surface area contributed by atoms with Gasteiger partial charge in [0.1, 0.15) is 11.9 Å². The molecule has 0 spiro atoms. The molecule has 2 aromatic carbocycles. The molecule has 29 heavy (non-hydrogen) atoms. The van der Waals surface area contributed by atoms with Crippen LogP contribution in [0.15, 0.2) is 48.5 Å². The highest BCUT2D eigenvalue weighted by atomic mass is 19.4. The lowest BCUT2D eigenvalue weighted by molar-refractivity contribution is -0.137. The summed E-state index contributed by atoms with van der Waals surface area (Å²) < 4.78 is 53.6. The van der Waals surface area contributed by atoms with E-state index in [-0.39, 0.29) is 25.2 Å². The highest BCUT2D eigenvalue weighted by Crippen LogP contribution is 2.28. The van der Waals surface area contributed by atoms with Crippen LogP contribution in [0, 0.1) is 0 Å². The van der Waals surface area contributed by atoms with E-state index in [0.29, 0.717) is 19.0 Å². The maximum absolute atomic E-state index is 12.1. The monoisotopic (exact) mass is 408 g/mol. The lowest BCUT2D eigenvalue weighted by atomic mass is 10.0. The Hall–Kier alpha value is -2.05. The smallest absolute Gasteiger partial charge is 0.389 e. The first-order valence-electron chi connectivity index (χ1n) is 10.1. The molecule has 2 atom stereocenters. The van der Waals surface area contributed by atoms with Crippen LogP contribution in [0.3, 0.4) is 0 Å². The largest absolute Gasteiger partial charge is 0.494 e. The van der Waals surface area contributed by atoms with E-state index in [0.717, 1.165) is 29.5 Å². The topological polar surface area (TPSA) is 27.7 Å². The van der Waals surface area contributed by atoms with E-state index < -0.39 is 12.6 Å². The summed E-state index contributed by atoms with van der Waals surface area (Å²) in [5, 5.41) is 0. The quantitative estimate of drug-likeness (QED) is 0.478. The molecule has 1 aliphatic rings. The van der Waals surface area contributed by atoms with Gasteiger partial charge >= 0.3 is 6.18 Å². The van der Waals surface area contributed by atoms with E-state index in [1.165, 1.54) is 0 Å². The molecule has 3 rings (SSSR count). The third-order valence-corrected chi connectivity index (χ3v) is 4.92. The Morgan fingerprint density at radius 2 is 1.59 bits per heavy atom. The molecule has 6 heteroatoms. The molecule has 0 N–H and O–H groups in total. The fourth-order valence-corrected chi connectivity index (χ4v) is 3.32. The van der Waals surface area contributed by atoms with Crippen LogP contribution < -0.4 is 4.74 Å². The molecule has 3 nitrogen and oxygen atoms in total. The molecular weight excluding hydrogens is 381 g/mol. The van der Waals surface area contributed by atoms with Gasteiger partial charge in [0.25, 0.3) is 0 Å². The molecule has 0 aliphatic carbocycles. The zero-order chi connectivity index (χ0) is 20.7. The molecule has 0 saturated carbocycles. The summed E-state index contributed by atoms with van der Waals surface area (Å²) in [5.41, 5.74) is 3.16. The Morgan fingerprint density at radius 3 is 2.14 bits per heavy atom. The number of hydrogen-bond donors (Lipinski definition) is 0. The van der Waals surface area contributed by atoms with Crippen LogP contribution >= 0.6 is 0 Å². The second kappa shape index (κ2) is 10.1. The first-order chi connectivity index (χ1) is 13.9. The van der Waals surface area contributed by atoms with Crippen molar-refractivity contribution in [3.8, 4) is 16.9 Å². The molecule has 0 amide bonds. The molecule has 1 fully saturated rings. The van der Waals surface area contributed by atoms with Crippen LogP contribution in [0.25, 0.3) is 11.1 Å². The van der Waals surface area contributed by atoms with E-state index in [4.69, 9.17) is 14.2 Å². The van der Waals surface area contributed by atoms with Gasteiger partial charge in [0.15, 0.2) is 0 Å². The summed E-state index contributed by atoms with van der Waals surface area (Å²) in [6.45, 7) is 3.39. The maximum atomic E-state index is 12.1. The van der Waals surface area contributed by atoms with Crippen LogP contribution in [0.1, 0.15) is 44.3 Å². The number of ether oxygens (including phenoxy) is 3. The lowest BCUT2D eigenvalue weighted by Gasteiger charge is -2.29. The third kappa shape index (κ3) is 6.75. The van der Waals surface area contributed by atoms with E-state index in [1.807, 2.05) is 36.4 Å². The molecule has 1 aliphatic heterocycles. The summed E-state index contributed by atoms with van der Waals surface area (Å²) in [5.74, 6) is 0.571. The summed E-state index contributed by atoms with van der Waals surface area (Å²) >= 11 is 0. The summed E-state index contributed by atoms with van der Waals surface area (Å²) in [6, 6.07) is 15.5. The highest BCUT2D eigenvalue weighted by Gasteiger charge is 2.26. The minimum atomic E-state index is -4.13. The Bertz CT molecular complexity index is 733. The van der Waals surface area contributed by atoms with E-state index in [9.17, 15) is 13.2 Å². The van der Waals surface area contributed by atoms with Crippen molar-refractivity contribution in [1.82, 2.24) is 0 Å². The summed E-state index contributed by atoms with van der Waals surface area (Å²) in [7, 11) is 0. The van der Waals surface area contributed by atoms with Gasteiger partial charge in [-0.05, 0) is 41.7 Å². The van der Waals surface area contributed by atoms with Crippen molar-refractivity contribution >= 4 is 0 Å². The Labute approximate surface area is 169 Å². The standard InChI is InChI=1S/C23H27F3O3/c1-2-4-21-15-29-22(16-28-21)19-7-5-17(6-8-19)18-9-11-20(12-10-18)27-14-3-13-23(24,25)26/h5-12,21-22H,2-4,13-16H2,1H3/t21-,22-/m1/s1. The first-order valence-corrected chi connectivity index (χ1v) is 10.1. The van der Waals surface area contributed by atoms with Crippen molar-refractivity contribution in [2.45, 2.75) is 51.0 Å². The zero-order valence-electron chi connectivity index (χ0n) is 16.6. The van der Waals surface area contributed by atoms with Crippen molar-refractivity contribution in [2.24, 2.45) is 0 Å². The van der Waals surface area contributed by atoms with Crippen molar-refractivity contribution in [3.63, 3.8) is 0 Å². The molecule has 0 unspecified atom stereocenters. The summed E-state index contributed by atoms with van der Waals surface area (Å²) in [6.07, 6.45) is -2.73. The number of halogens is 3. The number of benzene rings is 2. The molecular formula is C23H27F3O3. The fraction of sp³-hybridized carbons (Fsp3) is 0.478. The predicted molar refractivity (Wildman–Crippen MR) is 106 cm³/mol. The normalized spacial score (nSPS) is 19.9. The molecule has 0 radical (unpaired) electrons. The number of alkyl halides is 3. The summed E-state index contributed by atoms with van der Waals surface area (Å²) in [4.78, 5) is 0. The van der Waals surface area contributed by atoms with Crippen LogP contribution in [-0.2, 0) is 9.47 Å². The Kier molecular flexibility index (Phi) is 7.56. The van der Waals surface area contributed by atoms with Gasteiger partial charge in [-0.15, -0.1) is 0 Å². The van der Waals surface area contributed by atoms with Crippen LogP contribution in [0.2, 0.25) is 0 Å². The average Bonchev–Trinajstić information content (AvgIpc) is 2.72. The van der Waals surface area contributed by atoms with Gasteiger partial charge in [0.05, 0.1) is 25.9 Å². The van der Waals surface area contributed by atoms with Crippen LogP contribution in [-0.4, -0.2) is 32.1 Å². The molecule has 1 saturated heterocycles. The molecule has 1 heterocycles. The van der Waals surface area contributed by atoms with Gasteiger partial charge < -0.3 is 14.2 Å². The van der Waals surface area contributed by atoms with Crippen LogP contribution in [0.5, 0.6) is 5.75 Å². The van der Waals surface area contributed by atoms with E-state index in [1.54, 1.807) is 12.1 Å². The number of rotatable bonds is 8. The maximum Gasteiger partial charge on any atom is 0.389 e. The van der Waals surface area contributed by atoms with Crippen molar-refractivity contribution < 1.29 is 27.4 Å². The minimum absolute atomic E-state index is 0.0374. The van der Waals surface area contributed by atoms with Gasteiger partial charge in [-0.2, -0.15) is 13.2 Å². The molecule has 158 valence electrons. The third-order valence-electron chi connectivity index (χ3n) is 4.92. The average molecular weight is 408 g/mol. The van der Waals surface area contributed by atoms with Crippen molar-refractivity contribution in [3.05, 3.63) is 54.1 Å². The van der Waals surface area contributed by atoms with Gasteiger partial charge in [0.2, 0.25) is 0 Å². The molecule has 0 aromatic heterocycles. The zero-order valence-corrected chi connectivity index (χ0v) is 16.6. The molecule has 0 bridgehead atoms. The first kappa shape index (κ1) is 21.7. The number of hydrogen-bond acceptors (Lipinski definition) is 3. The van der Waals surface area contributed by atoms with E-state index in [2.05, 4.69) is 6.92 Å². The second-order valence-corrected chi connectivity index (χ2v) is 7.28. The van der Waals surface area contributed by atoms with Gasteiger partial charge in [-0.1, -0.05) is 49.7 Å². The lowest BCUT2D eigenvalue weighted by Crippen LogP contribution is -2.30. The SMILES string of the molecule is CCC[C@@H]1CO[C@@H](c2ccc(-c3ccc(OCCCC(F)(F)F)cc3)cc2)CO1. The van der Waals surface area contributed by atoms with Gasteiger partial charge in [-0.3, -0.25) is 0 Å². The second-order valence-electron chi connectivity index (χ2n) is 7.28. The fourth-order valence-electron chi connectivity index (χ4n) is 3.32. The van der Waals surface area contributed by atoms with Gasteiger partial charge in [0, 0.05) is 6.42 Å². The highest BCUT2D eigenvalue weighted by molar-refractivity contribution is 5.64. The van der Waals surface area contributed by atoms with Crippen molar-refractivity contribution in [1.29, 1.82) is 0 Å². The van der Waals surface area contributed by atoms with Gasteiger partial charge in [-0.25, -0.2) is 0 Å². The van der Waals surface area contributed by atoms with E-state index >= 15 is 0 Å².